The van der Waals surface area contributed by atoms with Crippen LogP contribution in [0.2, 0.25) is 5.02 Å². The highest BCUT2D eigenvalue weighted by atomic mass is 35.5. The van der Waals surface area contributed by atoms with Crippen LogP contribution in [-0.2, 0) is 0 Å². The Hall–Kier alpha value is -2.15. The lowest BCUT2D eigenvalue weighted by molar-refractivity contribution is 0.0663. The number of aliphatic hydroxyl groups is 1. The number of hydrogen-bond acceptors (Lipinski definition) is 5. The molecule has 0 amide bonds. The van der Waals surface area contributed by atoms with Gasteiger partial charge < -0.3 is 14.7 Å². The molecule has 1 saturated heterocycles. The van der Waals surface area contributed by atoms with E-state index in [1.807, 2.05) is 17.0 Å². The average Bonchev–Trinajstić information content (AvgIpc) is 2.68. The lowest BCUT2D eigenvalue weighted by Crippen LogP contribution is -2.49. The molecule has 1 atom stereocenters. The summed E-state index contributed by atoms with van der Waals surface area (Å²) in [5, 5.41) is 10.8. The molecule has 0 aliphatic carbocycles. The van der Waals surface area contributed by atoms with Crippen LogP contribution in [0, 0.1) is 5.82 Å². The van der Waals surface area contributed by atoms with Gasteiger partial charge in [-0.05, 0) is 37.3 Å². The Bertz CT molecular complexity index is 825. The van der Waals surface area contributed by atoms with E-state index in [1.54, 1.807) is 24.3 Å². The van der Waals surface area contributed by atoms with Gasteiger partial charge in [-0.1, -0.05) is 23.7 Å². The van der Waals surface area contributed by atoms with E-state index < -0.39 is 6.10 Å². The van der Waals surface area contributed by atoms with Crippen molar-refractivity contribution in [3.63, 3.8) is 0 Å². The maximum absolute atomic E-state index is 14.3. The van der Waals surface area contributed by atoms with E-state index in [4.69, 9.17) is 16.3 Å². The third-order valence-corrected chi connectivity index (χ3v) is 5.12. The zero-order valence-corrected chi connectivity index (χ0v) is 16.5. The van der Waals surface area contributed by atoms with E-state index >= 15 is 0 Å². The van der Waals surface area contributed by atoms with Gasteiger partial charge in [-0.15, -0.1) is 0 Å². The summed E-state index contributed by atoms with van der Waals surface area (Å²) in [5.74, 6) is 0.0232. The number of aliphatic hydroxyl groups excluding tert-OH is 1. The number of halogens is 2. The third kappa shape index (κ3) is 5.22. The van der Waals surface area contributed by atoms with Crippen LogP contribution in [0.1, 0.15) is 17.3 Å². The van der Waals surface area contributed by atoms with Crippen LogP contribution >= 0.6 is 11.6 Å². The Morgan fingerprint density at radius 2 is 1.93 bits per heavy atom. The molecule has 0 bridgehead atoms. The number of nitrogens with zero attached hydrogens (tertiary/aromatic N) is 2. The number of carbonyl (C=O) groups is 1. The number of benzene rings is 2. The lowest BCUT2D eigenvalue weighted by Gasteiger charge is -2.37. The minimum atomic E-state index is -0.644. The first-order valence-electron chi connectivity index (χ1n) is 9.27. The van der Waals surface area contributed by atoms with E-state index in [0.717, 1.165) is 0 Å². The summed E-state index contributed by atoms with van der Waals surface area (Å²) in [7, 11) is 0. The predicted octanol–water partition coefficient (Wildman–Crippen LogP) is 3.24. The predicted molar refractivity (Wildman–Crippen MR) is 108 cm³/mol. The highest BCUT2D eigenvalue weighted by Crippen LogP contribution is 2.24. The third-order valence-electron chi connectivity index (χ3n) is 4.80. The summed E-state index contributed by atoms with van der Waals surface area (Å²) in [6.07, 6.45) is -0.644. The summed E-state index contributed by atoms with van der Waals surface area (Å²) < 4.78 is 19.9. The fourth-order valence-electron chi connectivity index (χ4n) is 3.25. The molecule has 0 spiro atoms. The summed E-state index contributed by atoms with van der Waals surface area (Å²) in [6, 6.07) is 11.8. The largest absolute Gasteiger partial charge is 0.489 e. The van der Waals surface area contributed by atoms with E-state index in [1.165, 1.54) is 13.0 Å². The monoisotopic (exact) mass is 406 g/mol. The van der Waals surface area contributed by atoms with Gasteiger partial charge in [0.15, 0.2) is 5.78 Å². The number of ether oxygens (including phenoxy) is 1. The Morgan fingerprint density at radius 3 is 2.57 bits per heavy atom. The van der Waals surface area contributed by atoms with Gasteiger partial charge in [-0.3, -0.25) is 9.69 Å². The highest BCUT2D eigenvalue weighted by Gasteiger charge is 2.22. The molecule has 7 heteroatoms. The normalized spacial score (nSPS) is 16.1. The van der Waals surface area contributed by atoms with Crippen molar-refractivity contribution in [2.75, 3.05) is 44.2 Å². The summed E-state index contributed by atoms with van der Waals surface area (Å²) in [6.45, 7) is 4.76. The molecule has 2 aromatic carbocycles. The highest BCUT2D eigenvalue weighted by molar-refractivity contribution is 6.32. The van der Waals surface area contributed by atoms with E-state index in [0.29, 0.717) is 54.7 Å². The molecule has 0 saturated carbocycles. The molecule has 1 aliphatic heterocycles. The van der Waals surface area contributed by atoms with Crippen molar-refractivity contribution < 1.29 is 19.0 Å². The molecule has 0 radical (unpaired) electrons. The molecule has 1 N–H and O–H groups in total. The molecular weight excluding hydrogens is 383 g/mol. The van der Waals surface area contributed by atoms with Crippen LogP contribution in [0.25, 0.3) is 0 Å². The molecule has 28 heavy (non-hydrogen) atoms. The first-order valence-corrected chi connectivity index (χ1v) is 9.65. The fourth-order valence-corrected chi connectivity index (χ4v) is 3.44. The smallest absolute Gasteiger partial charge is 0.159 e. The van der Waals surface area contributed by atoms with Gasteiger partial charge in [0, 0.05) is 38.3 Å². The van der Waals surface area contributed by atoms with Gasteiger partial charge in [-0.25, -0.2) is 4.39 Å². The second-order valence-electron chi connectivity index (χ2n) is 6.91. The standard InChI is InChI=1S/C21H24ClFN2O3/c1-15(26)16-6-7-20(19(23)12-16)25-10-8-24(9-11-25)13-17(27)14-28-21-5-3-2-4-18(21)22/h2-7,12,17,27H,8-11,13-14H2,1H3. The van der Waals surface area contributed by atoms with E-state index in [-0.39, 0.29) is 18.2 Å². The van der Waals surface area contributed by atoms with Crippen molar-refractivity contribution in [2.24, 2.45) is 0 Å². The van der Waals surface area contributed by atoms with Crippen molar-refractivity contribution in [3.05, 3.63) is 58.9 Å². The molecule has 0 aromatic heterocycles. The number of ketones is 1. The van der Waals surface area contributed by atoms with Crippen molar-refractivity contribution >= 4 is 23.1 Å². The Balaban J connectivity index is 1.47. The van der Waals surface area contributed by atoms with Crippen molar-refractivity contribution in [1.82, 2.24) is 4.90 Å². The first kappa shape index (κ1) is 20.6. The molecular formula is C21H24ClFN2O3. The molecule has 1 fully saturated rings. The van der Waals surface area contributed by atoms with Gasteiger partial charge in [0.1, 0.15) is 24.3 Å². The fraction of sp³-hybridized carbons (Fsp3) is 0.381. The Labute approximate surface area is 169 Å². The number of piperazine rings is 1. The lowest BCUT2D eigenvalue weighted by atomic mass is 10.1. The van der Waals surface area contributed by atoms with Crippen LogP contribution < -0.4 is 9.64 Å². The molecule has 5 nitrogen and oxygen atoms in total. The molecule has 1 heterocycles. The number of carbonyl (C=O) groups excluding carboxylic acids is 1. The second kappa shape index (κ2) is 9.37. The molecule has 1 unspecified atom stereocenters. The molecule has 150 valence electrons. The summed E-state index contributed by atoms with van der Waals surface area (Å²) in [5.41, 5.74) is 0.883. The summed E-state index contributed by atoms with van der Waals surface area (Å²) >= 11 is 6.04. The molecule has 1 aliphatic rings. The maximum Gasteiger partial charge on any atom is 0.159 e. The zero-order chi connectivity index (χ0) is 20.1. The topological polar surface area (TPSA) is 53.0 Å². The zero-order valence-electron chi connectivity index (χ0n) is 15.8. The van der Waals surface area contributed by atoms with Gasteiger partial charge in [0.2, 0.25) is 0 Å². The van der Waals surface area contributed by atoms with E-state index in [9.17, 15) is 14.3 Å². The van der Waals surface area contributed by atoms with Crippen LogP contribution in [-0.4, -0.2) is 61.2 Å². The maximum atomic E-state index is 14.3. The van der Waals surface area contributed by atoms with Gasteiger partial charge in [-0.2, -0.15) is 0 Å². The van der Waals surface area contributed by atoms with Crippen molar-refractivity contribution in [3.8, 4) is 5.75 Å². The summed E-state index contributed by atoms with van der Waals surface area (Å²) in [4.78, 5) is 15.4. The van der Waals surface area contributed by atoms with Gasteiger partial charge in [0.05, 0.1) is 10.7 Å². The number of anilines is 1. The molecule has 3 rings (SSSR count). The number of rotatable bonds is 7. The minimum Gasteiger partial charge on any atom is -0.489 e. The van der Waals surface area contributed by atoms with Crippen molar-refractivity contribution in [1.29, 1.82) is 0 Å². The average molecular weight is 407 g/mol. The number of β-amino-alcohol motifs (C(OH)–C–C–N with tert-alkyl or cyclic N) is 1. The van der Waals surface area contributed by atoms with Gasteiger partial charge in [0.25, 0.3) is 0 Å². The van der Waals surface area contributed by atoms with Crippen LogP contribution in [0.3, 0.4) is 0 Å². The van der Waals surface area contributed by atoms with Gasteiger partial charge >= 0.3 is 0 Å². The Morgan fingerprint density at radius 1 is 1.21 bits per heavy atom. The van der Waals surface area contributed by atoms with Crippen LogP contribution in [0.5, 0.6) is 5.75 Å². The quantitative estimate of drug-likeness (QED) is 0.715. The Kier molecular flexibility index (Phi) is 6.88. The van der Waals surface area contributed by atoms with Crippen molar-refractivity contribution in [2.45, 2.75) is 13.0 Å². The number of hydrogen-bond donors (Lipinski definition) is 1. The second-order valence-corrected chi connectivity index (χ2v) is 7.31. The van der Waals surface area contributed by atoms with E-state index in [2.05, 4.69) is 4.90 Å². The minimum absolute atomic E-state index is 0.150. The molecule has 2 aromatic rings. The SMILES string of the molecule is CC(=O)c1ccc(N2CCN(CC(O)COc3ccccc3Cl)CC2)c(F)c1. The number of para-hydroxylation sites is 1. The van der Waals surface area contributed by atoms with Crippen LogP contribution in [0.4, 0.5) is 10.1 Å². The van der Waals surface area contributed by atoms with Crippen LogP contribution in [0.15, 0.2) is 42.5 Å². The first-order chi connectivity index (χ1) is 13.4. The number of Topliss-reactive ketones (excluding diaryl/α,β-unsaturated/α-hetero) is 1.